The minimum Gasteiger partial charge on any atom is -0.354 e. The maximum absolute atomic E-state index is 13.8. The standard InChI is InChI=1S/C22H18Cl2FN5O2/c23-15-4-1-3-14(9-15)12-29-13-27-21-17(22(29)32)11-28-30(21)8-7-26-20(31)10-16-18(24)5-2-6-19(16)25/h1-6,9,11,13H,7-8,10,12H2,(H,26,31). The number of hydrogen-bond acceptors (Lipinski definition) is 4. The first kappa shape index (κ1) is 22.0. The normalized spacial score (nSPS) is 11.1. The molecule has 0 bridgehead atoms. The maximum atomic E-state index is 13.8. The molecule has 1 N–H and O–H groups in total. The number of aromatic nitrogens is 4. The molecular formula is C22H18Cl2FN5O2. The number of carbonyl (C=O) groups is 1. The van der Waals surface area contributed by atoms with Crippen molar-refractivity contribution < 1.29 is 9.18 Å². The van der Waals surface area contributed by atoms with E-state index in [0.717, 1.165) is 5.56 Å². The van der Waals surface area contributed by atoms with Crippen molar-refractivity contribution in [1.82, 2.24) is 24.6 Å². The fourth-order valence-corrected chi connectivity index (χ4v) is 3.77. The van der Waals surface area contributed by atoms with Crippen LogP contribution in [0.2, 0.25) is 10.0 Å². The third kappa shape index (κ3) is 4.81. The van der Waals surface area contributed by atoms with E-state index >= 15 is 0 Å². The molecule has 0 atom stereocenters. The van der Waals surface area contributed by atoms with E-state index in [9.17, 15) is 14.0 Å². The molecule has 4 aromatic rings. The van der Waals surface area contributed by atoms with Gasteiger partial charge >= 0.3 is 0 Å². The summed E-state index contributed by atoms with van der Waals surface area (Å²) < 4.78 is 16.9. The van der Waals surface area contributed by atoms with Crippen LogP contribution in [0.4, 0.5) is 4.39 Å². The number of fused-ring (bicyclic) bond motifs is 1. The van der Waals surface area contributed by atoms with Gasteiger partial charge in [-0.15, -0.1) is 0 Å². The van der Waals surface area contributed by atoms with Gasteiger partial charge in [-0.2, -0.15) is 5.10 Å². The quantitative estimate of drug-likeness (QED) is 0.445. The molecule has 0 fully saturated rings. The number of carbonyl (C=O) groups excluding carboxylic acids is 1. The molecule has 1 amide bonds. The summed E-state index contributed by atoms with van der Waals surface area (Å²) in [6, 6.07) is 11.5. The molecular weight excluding hydrogens is 456 g/mol. The second-order valence-electron chi connectivity index (χ2n) is 7.14. The van der Waals surface area contributed by atoms with E-state index in [1.165, 1.54) is 40.0 Å². The number of benzene rings is 2. The van der Waals surface area contributed by atoms with Crippen molar-refractivity contribution in [2.45, 2.75) is 19.5 Å². The summed E-state index contributed by atoms with van der Waals surface area (Å²) in [6.07, 6.45) is 2.75. The molecule has 0 aliphatic carbocycles. The fraction of sp³-hybridized carbons (Fsp3) is 0.182. The van der Waals surface area contributed by atoms with E-state index in [-0.39, 0.29) is 35.0 Å². The second-order valence-corrected chi connectivity index (χ2v) is 7.98. The Morgan fingerprint density at radius 1 is 1.16 bits per heavy atom. The highest BCUT2D eigenvalue weighted by Crippen LogP contribution is 2.19. The Morgan fingerprint density at radius 2 is 1.97 bits per heavy atom. The van der Waals surface area contributed by atoms with Crippen LogP contribution < -0.4 is 10.9 Å². The summed E-state index contributed by atoms with van der Waals surface area (Å²) in [7, 11) is 0. The largest absolute Gasteiger partial charge is 0.354 e. The van der Waals surface area contributed by atoms with Gasteiger partial charge in [0.1, 0.15) is 17.5 Å². The van der Waals surface area contributed by atoms with Gasteiger partial charge in [-0.25, -0.2) is 14.1 Å². The Bertz CT molecular complexity index is 1330. The molecule has 0 saturated heterocycles. The first-order valence-corrected chi connectivity index (χ1v) is 10.5. The lowest BCUT2D eigenvalue weighted by molar-refractivity contribution is -0.120. The molecule has 2 aromatic heterocycles. The van der Waals surface area contributed by atoms with Gasteiger partial charge in [-0.1, -0.05) is 41.4 Å². The van der Waals surface area contributed by atoms with Crippen LogP contribution in [0.1, 0.15) is 11.1 Å². The van der Waals surface area contributed by atoms with Crippen molar-refractivity contribution in [3.63, 3.8) is 0 Å². The van der Waals surface area contributed by atoms with Crippen LogP contribution in [-0.2, 0) is 24.3 Å². The van der Waals surface area contributed by atoms with Gasteiger partial charge < -0.3 is 5.32 Å². The highest BCUT2D eigenvalue weighted by molar-refractivity contribution is 6.31. The van der Waals surface area contributed by atoms with Gasteiger partial charge in [0.25, 0.3) is 5.56 Å². The van der Waals surface area contributed by atoms with Crippen LogP contribution in [0.15, 0.2) is 59.8 Å². The fourth-order valence-electron chi connectivity index (χ4n) is 3.33. The minimum atomic E-state index is -0.524. The summed E-state index contributed by atoms with van der Waals surface area (Å²) in [4.78, 5) is 29.3. The maximum Gasteiger partial charge on any atom is 0.264 e. The monoisotopic (exact) mass is 473 g/mol. The first-order chi connectivity index (χ1) is 15.4. The summed E-state index contributed by atoms with van der Waals surface area (Å²) in [5.74, 6) is -0.894. The van der Waals surface area contributed by atoms with E-state index < -0.39 is 5.82 Å². The number of amides is 1. The summed E-state index contributed by atoms with van der Waals surface area (Å²) in [6.45, 7) is 0.863. The topological polar surface area (TPSA) is 81.8 Å². The van der Waals surface area contributed by atoms with E-state index in [0.29, 0.717) is 29.1 Å². The van der Waals surface area contributed by atoms with Gasteiger partial charge in [0.2, 0.25) is 5.91 Å². The first-order valence-electron chi connectivity index (χ1n) is 9.77. The molecule has 0 aliphatic rings. The highest BCUT2D eigenvalue weighted by Gasteiger charge is 2.13. The molecule has 32 heavy (non-hydrogen) atoms. The van der Waals surface area contributed by atoms with Crippen molar-refractivity contribution in [3.05, 3.63) is 92.3 Å². The Hall–Kier alpha value is -3.23. The predicted molar refractivity (Wildman–Crippen MR) is 120 cm³/mol. The predicted octanol–water partition coefficient (Wildman–Crippen LogP) is 3.45. The number of rotatable bonds is 7. The zero-order valence-corrected chi connectivity index (χ0v) is 18.3. The molecule has 164 valence electrons. The van der Waals surface area contributed by atoms with Crippen LogP contribution in [0, 0.1) is 5.82 Å². The van der Waals surface area contributed by atoms with E-state index in [2.05, 4.69) is 15.4 Å². The molecule has 0 unspecified atom stereocenters. The summed E-state index contributed by atoms with van der Waals surface area (Å²) >= 11 is 12.0. The minimum absolute atomic E-state index is 0.151. The number of nitrogens with zero attached hydrogens (tertiary/aromatic N) is 4. The Labute approximate surface area is 192 Å². The van der Waals surface area contributed by atoms with Crippen LogP contribution in [0.25, 0.3) is 11.0 Å². The van der Waals surface area contributed by atoms with Crippen LogP contribution in [0.5, 0.6) is 0 Å². The van der Waals surface area contributed by atoms with E-state index in [1.807, 2.05) is 12.1 Å². The smallest absolute Gasteiger partial charge is 0.264 e. The lowest BCUT2D eigenvalue weighted by Crippen LogP contribution is -2.29. The van der Waals surface area contributed by atoms with Crippen molar-refractivity contribution >= 4 is 40.1 Å². The number of nitrogens with one attached hydrogen (secondary N) is 1. The van der Waals surface area contributed by atoms with Crippen molar-refractivity contribution in [1.29, 1.82) is 0 Å². The van der Waals surface area contributed by atoms with Gasteiger partial charge in [0, 0.05) is 22.2 Å². The van der Waals surface area contributed by atoms with E-state index in [1.54, 1.807) is 12.1 Å². The average molecular weight is 474 g/mol. The number of halogens is 3. The Balaban J connectivity index is 1.41. The SMILES string of the molecule is O=C(Cc1c(F)cccc1Cl)NCCn1ncc2c(=O)n(Cc3cccc(Cl)c3)cnc21. The molecule has 0 radical (unpaired) electrons. The van der Waals surface area contributed by atoms with Crippen LogP contribution in [0.3, 0.4) is 0 Å². The molecule has 10 heteroatoms. The lowest BCUT2D eigenvalue weighted by atomic mass is 10.1. The zero-order chi connectivity index (χ0) is 22.7. The summed E-state index contributed by atoms with van der Waals surface area (Å²) in [5.41, 5.74) is 1.23. The molecule has 0 saturated carbocycles. The third-order valence-electron chi connectivity index (χ3n) is 4.91. The van der Waals surface area contributed by atoms with Crippen LogP contribution >= 0.6 is 23.2 Å². The van der Waals surface area contributed by atoms with Gasteiger partial charge in [-0.3, -0.25) is 14.2 Å². The molecule has 0 aliphatic heterocycles. The number of hydrogen-bond donors (Lipinski definition) is 1. The Morgan fingerprint density at radius 3 is 2.75 bits per heavy atom. The van der Waals surface area contributed by atoms with Crippen LogP contribution in [-0.4, -0.2) is 31.8 Å². The molecule has 4 rings (SSSR count). The molecule has 0 spiro atoms. The molecule has 2 heterocycles. The average Bonchev–Trinajstić information content (AvgIpc) is 3.17. The van der Waals surface area contributed by atoms with Gasteiger partial charge in [0.15, 0.2) is 5.65 Å². The summed E-state index contributed by atoms with van der Waals surface area (Å²) in [5, 5.41) is 8.09. The van der Waals surface area contributed by atoms with E-state index in [4.69, 9.17) is 23.2 Å². The van der Waals surface area contributed by atoms with Crippen molar-refractivity contribution in [2.24, 2.45) is 0 Å². The highest BCUT2D eigenvalue weighted by atomic mass is 35.5. The molecule has 2 aromatic carbocycles. The van der Waals surface area contributed by atoms with Crippen molar-refractivity contribution in [3.8, 4) is 0 Å². The van der Waals surface area contributed by atoms with Crippen molar-refractivity contribution in [2.75, 3.05) is 6.54 Å². The third-order valence-corrected chi connectivity index (χ3v) is 5.50. The van der Waals surface area contributed by atoms with Gasteiger partial charge in [-0.05, 0) is 29.8 Å². The second kappa shape index (κ2) is 9.50. The zero-order valence-electron chi connectivity index (χ0n) is 16.8. The van der Waals surface area contributed by atoms with Gasteiger partial charge in [0.05, 0.1) is 25.7 Å². The lowest BCUT2D eigenvalue weighted by Gasteiger charge is -2.09. The Kier molecular flexibility index (Phi) is 6.53. The molecule has 7 nitrogen and oxygen atoms in total.